The zero-order valence-electron chi connectivity index (χ0n) is 18.3. The second kappa shape index (κ2) is 8.86. The molecule has 2 aliphatic heterocycles. The molecule has 4 nitrogen and oxygen atoms in total. The van der Waals surface area contributed by atoms with Crippen LogP contribution in [0.2, 0.25) is 5.02 Å². The molecule has 2 aromatic rings. The zero-order valence-corrected chi connectivity index (χ0v) is 19.0. The van der Waals surface area contributed by atoms with Gasteiger partial charge in [0.25, 0.3) is 0 Å². The number of nitrogens with two attached hydrogens (primary N) is 1. The number of primary amides is 1. The van der Waals surface area contributed by atoms with Crippen molar-refractivity contribution in [2.24, 2.45) is 11.1 Å². The van der Waals surface area contributed by atoms with Gasteiger partial charge in [0, 0.05) is 35.6 Å². The van der Waals surface area contributed by atoms with E-state index >= 15 is 0 Å². The van der Waals surface area contributed by atoms with E-state index in [1.807, 2.05) is 36.4 Å². The average Bonchev–Trinajstić information content (AvgIpc) is 2.79. The molecule has 5 heteroatoms. The van der Waals surface area contributed by atoms with E-state index in [-0.39, 0.29) is 5.91 Å². The number of allylic oxidation sites excluding steroid dienone is 1. The smallest absolute Gasteiger partial charge is 0.248 e. The fraction of sp³-hybridized carbons (Fsp3) is 0.370. The minimum absolute atomic E-state index is 0.338. The van der Waals surface area contributed by atoms with Crippen LogP contribution in [0.15, 0.2) is 60.2 Å². The third-order valence-corrected chi connectivity index (χ3v) is 7.44. The standard InChI is InChI=1S/C27H29ClN2O2/c28-24-7-5-21(6-8-24)25-15-27(17-32-18-27)12-9-23(25)16-30-13-10-20(11-14-30)19-1-3-22(4-2-19)26(29)31/h1-8,10H,9,11-18H2,(H2,29,31). The van der Waals surface area contributed by atoms with Crippen LogP contribution < -0.4 is 5.73 Å². The van der Waals surface area contributed by atoms with E-state index in [0.717, 1.165) is 57.1 Å². The second-order valence-electron chi connectivity index (χ2n) is 9.41. The van der Waals surface area contributed by atoms with Gasteiger partial charge in [0.05, 0.1) is 13.2 Å². The summed E-state index contributed by atoms with van der Waals surface area (Å²) in [6.07, 6.45) is 6.81. The molecule has 1 aliphatic carbocycles. The third-order valence-electron chi connectivity index (χ3n) is 7.19. The van der Waals surface area contributed by atoms with E-state index in [9.17, 15) is 4.79 Å². The van der Waals surface area contributed by atoms with Crippen molar-refractivity contribution in [3.05, 3.63) is 81.9 Å². The molecule has 0 bridgehead atoms. The summed E-state index contributed by atoms with van der Waals surface area (Å²) in [6, 6.07) is 16.0. The predicted octanol–water partition coefficient (Wildman–Crippen LogP) is 5.18. The van der Waals surface area contributed by atoms with Crippen molar-refractivity contribution in [1.82, 2.24) is 4.90 Å². The molecule has 32 heavy (non-hydrogen) atoms. The summed E-state index contributed by atoms with van der Waals surface area (Å²) in [5.41, 5.74) is 13.1. The molecule has 1 spiro atoms. The molecule has 2 N–H and O–H groups in total. The lowest BCUT2D eigenvalue weighted by atomic mass is 9.68. The summed E-state index contributed by atoms with van der Waals surface area (Å²) in [6.45, 7) is 4.77. The first kappa shape index (κ1) is 21.4. The fourth-order valence-electron chi connectivity index (χ4n) is 5.16. The Morgan fingerprint density at radius 1 is 1.03 bits per heavy atom. The number of benzene rings is 2. The molecular weight excluding hydrogens is 420 g/mol. The van der Waals surface area contributed by atoms with Crippen LogP contribution in [0.25, 0.3) is 11.1 Å². The molecule has 2 heterocycles. The van der Waals surface area contributed by atoms with Crippen LogP contribution in [-0.4, -0.2) is 43.7 Å². The Morgan fingerprint density at radius 3 is 2.34 bits per heavy atom. The molecule has 0 unspecified atom stereocenters. The number of hydrogen-bond acceptors (Lipinski definition) is 3. The van der Waals surface area contributed by atoms with Gasteiger partial charge >= 0.3 is 0 Å². The Hall–Kier alpha value is -2.40. The topological polar surface area (TPSA) is 55.6 Å². The predicted molar refractivity (Wildman–Crippen MR) is 129 cm³/mol. The number of halogens is 1. The van der Waals surface area contributed by atoms with Crippen molar-refractivity contribution in [3.63, 3.8) is 0 Å². The van der Waals surface area contributed by atoms with Gasteiger partial charge in [-0.25, -0.2) is 0 Å². The van der Waals surface area contributed by atoms with Crippen molar-refractivity contribution in [1.29, 1.82) is 0 Å². The van der Waals surface area contributed by atoms with Crippen LogP contribution >= 0.6 is 11.6 Å². The van der Waals surface area contributed by atoms with Gasteiger partial charge in [-0.05, 0) is 72.2 Å². The van der Waals surface area contributed by atoms with Gasteiger partial charge in [0.1, 0.15) is 0 Å². The summed E-state index contributed by atoms with van der Waals surface area (Å²) in [5, 5.41) is 0.783. The lowest BCUT2D eigenvalue weighted by molar-refractivity contribution is -0.116. The molecule has 0 saturated carbocycles. The number of amides is 1. The quantitative estimate of drug-likeness (QED) is 0.685. The molecule has 1 fully saturated rings. The van der Waals surface area contributed by atoms with Gasteiger partial charge in [-0.15, -0.1) is 0 Å². The number of carbonyl (C=O) groups excluding carboxylic acids is 1. The number of nitrogens with zero attached hydrogens (tertiary/aromatic N) is 1. The normalized spacial score (nSPS) is 20.7. The van der Waals surface area contributed by atoms with Crippen LogP contribution in [0, 0.1) is 5.41 Å². The van der Waals surface area contributed by atoms with Crippen molar-refractivity contribution >= 4 is 28.7 Å². The van der Waals surface area contributed by atoms with E-state index in [0.29, 0.717) is 11.0 Å². The molecule has 1 amide bonds. The molecule has 2 aromatic carbocycles. The van der Waals surface area contributed by atoms with E-state index in [1.54, 1.807) is 5.57 Å². The number of carbonyl (C=O) groups is 1. The van der Waals surface area contributed by atoms with Crippen LogP contribution in [-0.2, 0) is 4.74 Å². The maximum absolute atomic E-state index is 11.3. The Bertz CT molecular complexity index is 1070. The molecule has 3 aliphatic rings. The highest BCUT2D eigenvalue weighted by atomic mass is 35.5. The molecule has 166 valence electrons. The third kappa shape index (κ3) is 4.40. The monoisotopic (exact) mass is 448 g/mol. The number of rotatable bonds is 5. The first-order chi connectivity index (χ1) is 15.5. The van der Waals surface area contributed by atoms with Gasteiger partial charge in [0.15, 0.2) is 0 Å². The van der Waals surface area contributed by atoms with Crippen LogP contribution in [0.3, 0.4) is 0 Å². The van der Waals surface area contributed by atoms with E-state index in [4.69, 9.17) is 22.1 Å². The lowest BCUT2D eigenvalue weighted by Gasteiger charge is -2.46. The molecule has 0 aromatic heterocycles. The summed E-state index contributed by atoms with van der Waals surface area (Å²) in [4.78, 5) is 13.9. The van der Waals surface area contributed by atoms with Gasteiger partial charge in [0.2, 0.25) is 5.91 Å². The van der Waals surface area contributed by atoms with Crippen LogP contribution in [0.5, 0.6) is 0 Å². The minimum Gasteiger partial charge on any atom is -0.380 e. The first-order valence-corrected chi connectivity index (χ1v) is 11.8. The fourth-order valence-corrected chi connectivity index (χ4v) is 5.29. The number of hydrogen-bond donors (Lipinski definition) is 1. The Kier molecular flexibility index (Phi) is 5.93. The van der Waals surface area contributed by atoms with Crippen LogP contribution in [0.4, 0.5) is 0 Å². The van der Waals surface area contributed by atoms with Crippen molar-refractivity contribution in [2.45, 2.75) is 25.7 Å². The largest absolute Gasteiger partial charge is 0.380 e. The molecule has 0 atom stereocenters. The summed E-state index contributed by atoms with van der Waals surface area (Å²) in [7, 11) is 0. The average molecular weight is 449 g/mol. The SMILES string of the molecule is NC(=O)c1ccc(C2=CCN(CC3=C(c4ccc(Cl)cc4)CC4(CC3)COC4)CC2)cc1. The van der Waals surface area contributed by atoms with E-state index in [1.165, 1.54) is 28.7 Å². The second-order valence-corrected chi connectivity index (χ2v) is 9.85. The van der Waals surface area contributed by atoms with Gasteiger partial charge in [-0.3, -0.25) is 9.69 Å². The Balaban J connectivity index is 1.32. The Labute approximate surface area is 194 Å². The van der Waals surface area contributed by atoms with Gasteiger partial charge < -0.3 is 10.5 Å². The zero-order chi connectivity index (χ0) is 22.1. The maximum atomic E-state index is 11.3. The van der Waals surface area contributed by atoms with E-state index in [2.05, 4.69) is 23.1 Å². The highest BCUT2D eigenvalue weighted by Crippen LogP contribution is 2.48. The minimum atomic E-state index is -0.382. The summed E-state index contributed by atoms with van der Waals surface area (Å²) in [5.74, 6) is -0.382. The van der Waals surface area contributed by atoms with Crippen molar-refractivity contribution in [3.8, 4) is 0 Å². The van der Waals surface area contributed by atoms with Crippen molar-refractivity contribution < 1.29 is 9.53 Å². The van der Waals surface area contributed by atoms with Gasteiger partial charge in [-0.1, -0.05) is 47.5 Å². The Morgan fingerprint density at radius 2 is 1.75 bits per heavy atom. The van der Waals surface area contributed by atoms with Crippen LogP contribution in [0.1, 0.15) is 47.2 Å². The van der Waals surface area contributed by atoms with Crippen molar-refractivity contribution in [2.75, 3.05) is 32.8 Å². The molecule has 0 radical (unpaired) electrons. The first-order valence-electron chi connectivity index (χ1n) is 11.4. The lowest BCUT2D eigenvalue weighted by Crippen LogP contribution is -2.45. The maximum Gasteiger partial charge on any atom is 0.248 e. The summed E-state index contributed by atoms with van der Waals surface area (Å²) >= 11 is 6.15. The molecular formula is C27H29ClN2O2. The highest BCUT2D eigenvalue weighted by Gasteiger charge is 2.42. The summed E-state index contributed by atoms with van der Waals surface area (Å²) < 4.78 is 5.59. The molecule has 1 saturated heterocycles. The number of ether oxygens (including phenoxy) is 1. The van der Waals surface area contributed by atoms with E-state index < -0.39 is 0 Å². The molecule has 5 rings (SSSR count). The highest BCUT2D eigenvalue weighted by molar-refractivity contribution is 6.30. The van der Waals surface area contributed by atoms with Gasteiger partial charge in [-0.2, -0.15) is 0 Å².